The van der Waals surface area contributed by atoms with Crippen LogP contribution in [0.5, 0.6) is 0 Å². The standard InChI is InChI=1S/C19H25FN2O5/c1-19(2,3)27-18(26)22-10-14(15(11-22)17(24)25)16(23)21-9-8-12-4-6-13(20)7-5-12/h4-7,14-15H,8-11H2,1-3H3,(H,21,23)(H,24,25). The predicted molar refractivity (Wildman–Crippen MR) is 95.5 cm³/mol. The highest BCUT2D eigenvalue weighted by molar-refractivity contribution is 5.87. The lowest BCUT2D eigenvalue weighted by molar-refractivity contribution is -0.145. The Labute approximate surface area is 157 Å². The van der Waals surface area contributed by atoms with Crippen LogP contribution in [0, 0.1) is 17.7 Å². The summed E-state index contributed by atoms with van der Waals surface area (Å²) in [5, 5.41) is 12.1. The average molecular weight is 380 g/mol. The summed E-state index contributed by atoms with van der Waals surface area (Å²) in [6, 6.07) is 5.93. The van der Waals surface area contributed by atoms with Gasteiger partial charge < -0.3 is 20.1 Å². The lowest BCUT2D eigenvalue weighted by Crippen LogP contribution is -2.39. The largest absolute Gasteiger partial charge is 0.481 e. The van der Waals surface area contributed by atoms with E-state index >= 15 is 0 Å². The Hall–Kier alpha value is -2.64. The number of amides is 2. The van der Waals surface area contributed by atoms with Gasteiger partial charge in [0.15, 0.2) is 0 Å². The van der Waals surface area contributed by atoms with Gasteiger partial charge in [-0.25, -0.2) is 9.18 Å². The third-order valence-corrected chi connectivity index (χ3v) is 4.25. The fraction of sp³-hybridized carbons (Fsp3) is 0.526. The zero-order valence-electron chi connectivity index (χ0n) is 15.7. The molecule has 2 atom stereocenters. The third-order valence-electron chi connectivity index (χ3n) is 4.25. The average Bonchev–Trinajstić information content (AvgIpc) is 3.01. The van der Waals surface area contributed by atoms with Crippen LogP contribution in [0.25, 0.3) is 0 Å². The van der Waals surface area contributed by atoms with E-state index in [-0.39, 0.29) is 18.9 Å². The molecule has 8 heteroatoms. The number of benzene rings is 1. The lowest BCUT2D eigenvalue weighted by Gasteiger charge is -2.24. The molecule has 1 heterocycles. The lowest BCUT2D eigenvalue weighted by atomic mass is 9.95. The summed E-state index contributed by atoms with van der Waals surface area (Å²) in [5.74, 6) is -3.71. The van der Waals surface area contributed by atoms with Gasteiger partial charge in [-0.2, -0.15) is 0 Å². The van der Waals surface area contributed by atoms with E-state index in [0.717, 1.165) is 5.56 Å². The number of halogens is 1. The smallest absolute Gasteiger partial charge is 0.410 e. The molecule has 2 rings (SSSR count). The van der Waals surface area contributed by atoms with Gasteiger partial charge in [-0.1, -0.05) is 12.1 Å². The molecule has 7 nitrogen and oxygen atoms in total. The van der Waals surface area contributed by atoms with Crippen LogP contribution in [-0.2, 0) is 20.7 Å². The molecule has 1 aliphatic rings. The van der Waals surface area contributed by atoms with Gasteiger partial charge in [0.2, 0.25) is 5.91 Å². The molecule has 0 spiro atoms. The highest BCUT2D eigenvalue weighted by atomic mass is 19.1. The highest BCUT2D eigenvalue weighted by Gasteiger charge is 2.44. The van der Waals surface area contributed by atoms with E-state index in [9.17, 15) is 23.9 Å². The van der Waals surface area contributed by atoms with Crippen molar-refractivity contribution in [1.82, 2.24) is 10.2 Å². The van der Waals surface area contributed by atoms with E-state index < -0.39 is 35.4 Å². The summed E-state index contributed by atoms with van der Waals surface area (Å²) >= 11 is 0. The van der Waals surface area contributed by atoms with Crippen molar-refractivity contribution in [1.29, 1.82) is 0 Å². The van der Waals surface area contributed by atoms with Crippen molar-refractivity contribution in [3.63, 3.8) is 0 Å². The Bertz CT molecular complexity index is 699. The van der Waals surface area contributed by atoms with Gasteiger partial charge in [-0.3, -0.25) is 9.59 Å². The van der Waals surface area contributed by atoms with E-state index in [1.54, 1.807) is 32.9 Å². The van der Waals surface area contributed by atoms with Gasteiger partial charge in [0, 0.05) is 19.6 Å². The molecule has 1 aromatic carbocycles. The minimum Gasteiger partial charge on any atom is -0.481 e. The highest BCUT2D eigenvalue weighted by Crippen LogP contribution is 2.26. The second-order valence-electron chi connectivity index (χ2n) is 7.60. The molecule has 2 N–H and O–H groups in total. The molecule has 2 amide bonds. The number of nitrogens with zero attached hydrogens (tertiary/aromatic N) is 1. The van der Waals surface area contributed by atoms with Crippen LogP contribution in [-0.4, -0.2) is 53.2 Å². The van der Waals surface area contributed by atoms with Gasteiger partial charge >= 0.3 is 12.1 Å². The maximum atomic E-state index is 12.9. The van der Waals surface area contributed by atoms with Crippen LogP contribution in [0.3, 0.4) is 0 Å². The third kappa shape index (κ3) is 5.94. The van der Waals surface area contributed by atoms with Gasteiger partial charge in [-0.05, 0) is 44.9 Å². The van der Waals surface area contributed by atoms with E-state index in [4.69, 9.17) is 4.74 Å². The quantitative estimate of drug-likeness (QED) is 0.815. The minimum absolute atomic E-state index is 0.00569. The van der Waals surface area contributed by atoms with Crippen LogP contribution >= 0.6 is 0 Å². The fourth-order valence-electron chi connectivity index (χ4n) is 2.91. The number of nitrogens with one attached hydrogen (secondary N) is 1. The molecular weight excluding hydrogens is 355 g/mol. The molecule has 148 valence electrons. The number of hydrogen-bond donors (Lipinski definition) is 2. The number of carboxylic acid groups (broad SMARTS) is 1. The first-order valence-corrected chi connectivity index (χ1v) is 8.79. The molecule has 0 radical (unpaired) electrons. The molecule has 1 fully saturated rings. The fourth-order valence-corrected chi connectivity index (χ4v) is 2.91. The van der Waals surface area contributed by atoms with Crippen molar-refractivity contribution in [2.75, 3.05) is 19.6 Å². The first-order valence-electron chi connectivity index (χ1n) is 8.79. The van der Waals surface area contributed by atoms with Gasteiger partial charge in [0.25, 0.3) is 0 Å². The minimum atomic E-state index is -1.13. The molecule has 0 aliphatic carbocycles. The summed E-state index contributed by atoms with van der Waals surface area (Å²) in [4.78, 5) is 37.4. The molecule has 27 heavy (non-hydrogen) atoms. The first-order chi connectivity index (χ1) is 12.6. The second kappa shape index (κ2) is 8.37. The predicted octanol–water partition coefficient (Wildman–Crippen LogP) is 2.05. The maximum Gasteiger partial charge on any atom is 0.410 e. The summed E-state index contributed by atoms with van der Waals surface area (Å²) in [7, 11) is 0. The zero-order chi connectivity index (χ0) is 20.2. The SMILES string of the molecule is CC(C)(C)OC(=O)N1CC(C(=O)O)C(C(=O)NCCc2ccc(F)cc2)C1. The molecular formula is C19H25FN2O5. The molecule has 2 unspecified atom stereocenters. The number of rotatable bonds is 5. The molecule has 1 aliphatic heterocycles. The van der Waals surface area contributed by atoms with Crippen LogP contribution in [0.15, 0.2) is 24.3 Å². The second-order valence-corrected chi connectivity index (χ2v) is 7.60. The van der Waals surface area contributed by atoms with E-state index in [2.05, 4.69) is 5.32 Å². The Morgan fingerprint density at radius 3 is 2.33 bits per heavy atom. The summed E-state index contributed by atoms with van der Waals surface area (Å²) < 4.78 is 18.2. The molecule has 1 saturated heterocycles. The van der Waals surface area contributed by atoms with Crippen LogP contribution < -0.4 is 5.32 Å². The van der Waals surface area contributed by atoms with Crippen molar-refractivity contribution < 1.29 is 28.6 Å². The Kier molecular flexibility index (Phi) is 6.41. The molecule has 0 aromatic heterocycles. The monoisotopic (exact) mass is 380 g/mol. The van der Waals surface area contributed by atoms with Crippen LogP contribution in [0.2, 0.25) is 0 Å². The summed E-state index contributed by atoms with van der Waals surface area (Å²) in [6.07, 6.45) is -0.137. The Morgan fingerprint density at radius 1 is 1.19 bits per heavy atom. The first kappa shape index (κ1) is 20.7. The number of carboxylic acids is 1. The van der Waals surface area contributed by atoms with Gasteiger partial charge in [-0.15, -0.1) is 0 Å². The number of aliphatic carboxylic acids is 1. The number of ether oxygens (including phenoxy) is 1. The van der Waals surface area contributed by atoms with E-state index in [1.807, 2.05) is 0 Å². The van der Waals surface area contributed by atoms with E-state index in [1.165, 1.54) is 17.0 Å². The van der Waals surface area contributed by atoms with E-state index in [0.29, 0.717) is 13.0 Å². The molecule has 0 saturated carbocycles. The maximum absolute atomic E-state index is 12.9. The Balaban J connectivity index is 1.93. The van der Waals surface area contributed by atoms with Crippen molar-refractivity contribution in [2.24, 2.45) is 11.8 Å². The number of carbonyl (C=O) groups is 3. The van der Waals surface area contributed by atoms with Crippen molar-refractivity contribution in [3.05, 3.63) is 35.6 Å². The number of hydrogen-bond acceptors (Lipinski definition) is 4. The van der Waals surface area contributed by atoms with Crippen molar-refractivity contribution in [3.8, 4) is 0 Å². The van der Waals surface area contributed by atoms with Crippen molar-refractivity contribution in [2.45, 2.75) is 32.8 Å². The topological polar surface area (TPSA) is 95.9 Å². The summed E-state index contributed by atoms with van der Waals surface area (Å²) in [6.45, 7) is 5.37. The van der Waals surface area contributed by atoms with Crippen LogP contribution in [0.4, 0.5) is 9.18 Å². The molecule has 0 bridgehead atoms. The van der Waals surface area contributed by atoms with Gasteiger partial charge in [0.05, 0.1) is 11.8 Å². The number of likely N-dealkylation sites (tertiary alicyclic amines) is 1. The zero-order valence-corrected chi connectivity index (χ0v) is 15.7. The Morgan fingerprint density at radius 2 is 1.78 bits per heavy atom. The number of carbonyl (C=O) groups excluding carboxylic acids is 2. The van der Waals surface area contributed by atoms with Crippen molar-refractivity contribution >= 4 is 18.0 Å². The molecule has 1 aromatic rings. The van der Waals surface area contributed by atoms with Crippen LogP contribution in [0.1, 0.15) is 26.3 Å². The normalized spacial score (nSPS) is 19.6. The summed E-state index contributed by atoms with van der Waals surface area (Å²) in [5.41, 5.74) is 0.152. The van der Waals surface area contributed by atoms with Gasteiger partial charge in [0.1, 0.15) is 11.4 Å².